The second kappa shape index (κ2) is 6.29. The van der Waals surface area contributed by atoms with Crippen molar-refractivity contribution in [2.24, 2.45) is 0 Å². The number of aliphatic hydroxyl groups excluding tert-OH is 1. The van der Waals surface area contributed by atoms with Crippen LogP contribution in [0, 0.1) is 5.82 Å². The number of β-amino-alcohol motifs (C(OH)–C–C–N with tert-alkyl or cyclic N) is 1. The SMILES string of the molecule is C[C@@H]1CN(C(=O)c2c[nH]c3cccc(F)c23)C[C@H](C)N1CCO. The van der Waals surface area contributed by atoms with E-state index >= 15 is 0 Å². The van der Waals surface area contributed by atoms with Crippen LogP contribution in [-0.2, 0) is 0 Å². The number of hydrogen-bond acceptors (Lipinski definition) is 3. The average molecular weight is 319 g/mol. The lowest BCUT2D eigenvalue weighted by atomic mass is 10.1. The first-order valence-corrected chi connectivity index (χ1v) is 7.94. The number of H-pyrrole nitrogens is 1. The van der Waals surface area contributed by atoms with Gasteiger partial charge in [-0.25, -0.2) is 4.39 Å². The van der Waals surface area contributed by atoms with Gasteiger partial charge in [0.15, 0.2) is 0 Å². The summed E-state index contributed by atoms with van der Waals surface area (Å²) in [7, 11) is 0. The van der Waals surface area contributed by atoms with E-state index in [1.807, 2.05) is 13.8 Å². The normalized spacial score (nSPS) is 22.7. The molecule has 0 unspecified atom stereocenters. The number of hydrogen-bond donors (Lipinski definition) is 2. The Kier molecular flexibility index (Phi) is 4.37. The Labute approximate surface area is 134 Å². The molecule has 1 aromatic heterocycles. The molecule has 5 nitrogen and oxygen atoms in total. The molecule has 0 bridgehead atoms. The number of carbonyl (C=O) groups is 1. The van der Waals surface area contributed by atoms with Crippen molar-refractivity contribution in [1.29, 1.82) is 0 Å². The number of fused-ring (bicyclic) bond motifs is 1. The molecule has 2 atom stereocenters. The smallest absolute Gasteiger partial charge is 0.256 e. The van der Waals surface area contributed by atoms with E-state index in [-0.39, 0.29) is 30.4 Å². The van der Waals surface area contributed by atoms with Crippen LogP contribution in [0.15, 0.2) is 24.4 Å². The summed E-state index contributed by atoms with van der Waals surface area (Å²) in [6.07, 6.45) is 1.59. The average Bonchev–Trinajstić information content (AvgIpc) is 2.95. The number of carbonyl (C=O) groups excluding carboxylic acids is 1. The van der Waals surface area contributed by atoms with E-state index in [1.54, 1.807) is 23.2 Å². The third kappa shape index (κ3) is 2.84. The van der Waals surface area contributed by atoms with Gasteiger partial charge in [-0.05, 0) is 26.0 Å². The zero-order valence-corrected chi connectivity index (χ0v) is 13.4. The number of aromatic nitrogens is 1. The van der Waals surface area contributed by atoms with Gasteiger partial charge < -0.3 is 15.0 Å². The molecule has 0 aliphatic carbocycles. The number of piperazine rings is 1. The molecule has 1 saturated heterocycles. The van der Waals surface area contributed by atoms with Crippen molar-refractivity contribution in [2.45, 2.75) is 25.9 Å². The van der Waals surface area contributed by atoms with Gasteiger partial charge in [0.1, 0.15) is 5.82 Å². The van der Waals surface area contributed by atoms with E-state index in [9.17, 15) is 9.18 Å². The van der Waals surface area contributed by atoms with Crippen LogP contribution in [0.4, 0.5) is 4.39 Å². The Hall–Kier alpha value is -1.92. The number of aliphatic hydroxyl groups is 1. The van der Waals surface area contributed by atoms with Gasteiger partial charge in [0.05, 0.1) is 12.2 Å². The summed E-state index contributed by atoms with van der Waals surface area (Å²) in [4.78, 5) is 19.8. The van der Waals surface area contributed by atoms with E-state index in [4.69, 9.17) is 5.11 Å². The zero-order valence-electron chi connectivity index (χ0n) is 13.4. The Balaban J connectivity index is 1.86. The van der Waals surface area contributed by atoms with Crippen LogP contribution < -0.4 is 0 Å². The van der Waals surface area contributed by atoms with Crippen molar-refractivity contribution in [2.75, 3.05) is 26.2 Å². The summed E-state index contributed by atoms with van der Waals surface area (Å²) in [5.74, 6) is -0.532. The highest BCUT2D eigenvalue weighted by Crippen LogP contribution is 2.24. The maximum Gasteiger partial charge on any atom is 0.256 e. The summed E-state index contributed by atoms with van der Waals surface area (Å²) in [6.45, 7) is 5.94. The fourth-order valence-corrected chi connectivity index (χ4v) is 3.56. The van der Waals surface area contributed by atoms with Crippen LogP contribution in [0.25, 0.3) is 10.9 Å². The maximum atomic E-state index is 14.1. The molecule has 1 aliphatic rings. The molecule has 2 aromatic rings. The number of nitrogens with one attached hydrogen (secondary N) is 1. The molecular weight excluding hydrogens is 297 g/mol. The molecule has 0 spiro atoms. The maximum absolute atomic E-state index is 14.1. The van der Waals surface area contributed by atoms with Gasteiger partial charge in [-0.1, -0.05) is 6.07 Å². The molecule has 2 N–H and O–H groups in total. The van der Waals surface area contributed by atoms with Crippen molar-refractivity contribution < 1.29 is 14.3 Å². The van der Waals surface area contributed by atoms with Crippen molar-refractivity contribution in [3.05, 3.63) is 35.8 Å². The van der Waals surface area contributed by atoms with Gasteiger partial charge in [0.2, 0.25) is 0 Å². The van der Waals surface area contributed by atoms with E-state index in [0.717, 1.165) is 0 Å². The van der Waals surface area contributed by atoms with Gasteiger partial charge in [-0.2, -0.15) is 0 Å². The van der Waals surface area contributed by atoms with Crippen molar-refractivity contribution in [3.8, 4) is 0 Å². The summed E-state index contributed by atoms with van der Waals surface area (Å²) in [5, 5.41) is 9.52. The second-order valence-electron chi connectivity index (χ2n) is 6.23. The fraction of sp³-hybridized carbons (Fsp3) is 0.471. The summed E-state index contributed by atoms with van der Waals surface area (Å²) in [5.41, 5.74) is 1.02. The monoisotopic (exact) mass is 319 g/mol. The standard InChI is InChI=1S/C17H22FN3O2/c1-11-9-20(10-12(2)21(11)6-7-22)17(23)13-8-19-15-5-3-4-14(18)16(13)15/h3-5,8,11-12,19,22H,6-7,9-10H2,1-2H3/t11-,12+. The van der Waals surface area contributed by atoms with Gasteiger partial charge in [-0.15, -0.1) is 0 Å². The van der Waals surface area contributed by atoms with Crippen LogP contribution in [0.1, 0.15) is 24.2 Å². The highest BCUT2D eigenvalue weighted by Gasteiger charge is 2.32. The number of aromatic amines is 1. The van der Waals surface area contributed by atoms with Gasteiger partial charge in [-0.3, -0.25) is 9.69 Å². The van der Waals surface area contributed by atoms with Gasteiger partial charge >= 0.3 is 0 Å². The molecule has 3 rings (SSSR count). The van der Waals surface area contributed by atoms with Crippen LogP contribution in [-0.4, -0.2) is 64.1 Å². The van der Waals surface area contributed by atoms with Crippen molar-refractivity contribution in [1.82, 2.24) is 14.8 Å². The van der Waals surface area contributed by atoms with Crippen molar-refractivity contribution in [3.63, 3.8) is 0 Å². The lowest BCUT2D eigenvalue weighted by Gasteiger charge is -2.44. The predicted molar refractivity (Wildman–Crippen MR) is 86.9 cm³/mol. The molecule has 124 valence electrons. The second-order valence-corrected chi connectivity index (χ2v) is 6.23. The van der Waals surface area contributed by atoms with E-state index < -0.39 is 0 Å². The first kappa shape index (κ1) is 16.0. The Morgan fingerprint density at radius 2 is 2.04 bits per heavy atom. The lowest BCUT2D eigenvalue weighted by molar-refractivity contribution is 0.0237. The minimum absolute atomic E-state index is 0.107. The highest BCUT2D eigenvalue weighted by atomic mass is 19.1. The van der Waals surface area contributed by atoms with E-state index in [1.165, 1.54) is 6.07 Å². The molecule has 1 aromatic carbocycles. The Morgan fingerprint density at radius 1 is 1.35 bits per heavy atom. The van der Waals surface area contributed by atoms with Gasteiger partial charge in [0.25, 0.3) is 5.91 Å². The van der Waals surface area contributed by atoms with E-state index in [0.29, 0.717) is 36.1 Å². The molecule has 0 radical (unpaired) electrons. The van der Waals surface area contributed by atoms with Crippen LogP contribution in [0.5, 0.6) is 0 Å². The molecule has 2 heterocycles. The fourth-order valence-electron chi connectivity index (χ4n) is 3.56. The zero-order chi connectivity index (χ0) is 16.6. The number of rotatable bonds is 3. The first-order valence-electron chi connectivity index (χ1n) is 7.94. The minimum Gasteiger partial charge on any atom is -0.395 e. The van der Waals surface area contributed by atoms with Crippen LogP contribution in [0.3, 0.4) is 0 Å². The van der Waals surface area contributed by atoms with Crippen molar-refractivity contribution >= 4 is 16.8 Å². The topological polar surface area (TPSA) is 59.6 Å². The number of benzene rings is 1. The highest BCUT2D eigenvalue weighted by molar-refractivity contribution is 6.07. The first-order chi connectivity index (χ1) is 11.0. The molecule has 1 amide bonds. The third-order valence-corrected chi connectivity index (χ3v) is 4.63. The third-order valence-electron chi connectivity index (χ3n) is 4.63. The summed E-state index contributed by atoms with van der Waals surface area (Å²) in [6, 6.07) is 5.08. The quantitative estimate of drug-likeness (QED) is 0.907. The predicted octanol–water partition coefficient (Wildman–Crippen LogP) is 1.83. The minimum atomic E-state index is -0.382. The molecule has 1 aliphatic heterocycles. The van der Waals surface area contributed by atoms with E-state index in [2.05, 4.69) is 9.88 Å². The Bertz CT molecular complexity index is 703. The lowest BCUT2D eigenvalue weighted by Crippen LogP contribution is -2.58. The molecule has 0 saturated carbocycles. The molecule has 23 heavy (non-hydrogen) atoms. The number of nitrogens with zero attached hydrogens (tertiary/aromatic N) is 2. The van der Waals surface area contributed by atoms with Gasteiger partial charge in [0, 0.05) is 48.8 Å². The number of halogens is 1. The molecule has 6 heteroatoms. The Morgan fingerprint density at radius 3 is 2.70 bits per heavy atom. The largest absolute Gasteiger partial charge is 0.395 e. The van der Waals surface area contributed by atoms with Crippen LogP contribution in [0.2, 0.25) is 0 Å². The molecular formula is C17H22FN3O2. The molecule has 1 fully saturated rings. The number of amides is 1. The van der Waals surface area contributed by atoms with Crippen LogP contribution >= 0.6 is 0 Å². The summed E-state index contributed by atoms with van der Waals surface area (Å²) >= 11 is 0. The summed E-state index contributed by atoms with van der Waals surface area (Å²) < 4.78 is 14.1.